The number of nitrogens with zero attached hydrogens (tertiary/aromatic N) is 2. The van der Waals surface area contributed by atoms with Crippen LogP contribution in [0.1, 0.15) is 0 Å². The van der Waals surface area contributed by atoms with E-state index in [0.29, 0.717) is 26.2 Å². The molecule has 0 spiro atoms. The maximum atomic E-state index is 11.2. The maximum Gasteiger partial charge on any atom is 0.319 e. The molecule has 1 fully saturated rings. The molecule has 0 aliphatic carbocycles. The van der Waals surface area contributed by atoms with E-state index in [1.807, 2.05) is 16.8 Å². The Balaban J connectivity index is 2.34. The molecule has 7 nitrogen and oxygen atoms in total. The van der Waals surface area contributed by atoms with Gasteiger partial charge in [-0.2, -0.15) is 0 Å². The normalized spacial score (nSPS) is 20.9. The highest BCUT2D eigenvalue weighted by Gasteiger charge is 2.23. The lowest BCUT2D eigenvalue weighted by Gasteiger charge is -2.33. The second-order valence-corrected chi connectivity index (χ2v) is 4.47. The summed E-state index contributed by atoms with van der Waals surface area (Å²) in [6.07, 6.45) is -0.0206. The molecular formula is C11H21N3O4. The Hall–Kier alpha value is -1.18. The average Bonchev–Trinajstić information content (AvgIpc) is 2.28. The summed E-state index contributed by atoms with van der Waals surface area (Å²) in [5.74, 6) is -0.610. The molecule has 1 atom stereocenters. The van der Waals surface area contributed by atoms with Crippen molar-refractivity contribution in [2.45, 2.75) is 6.10 Å². The van der Waals surface area contributed by atoms with Crippen molar-refractivity contribution < 1.29 is 19.1 Å². The standard InChI is InChI=1S/C11H21N3O4/c1-13(7-10(12)15)5-9-6-14(3-4-18-9)8-11(16)17-2/h9H,3-8H2,1-2H3,(H2,12,15)/t9-/m1/s1. The molecule has 0 aromatic rings. The number of methoxy groups -OCH3 is 1. The zero-order valence-electron chi connectivity index (χ0n) is 10.9. The zero-order chi connectivity index (χ0) is 13.5. The summed E-state index contributed by atoms with van der Waals surface area (Å²) in [4.78, 5) is 25.7. The Morgan fingerprint density at radius 1 is 1.56 bits per heavy atom. The largest absolute Gasteiger partial charge is 0.468 e. The smallest absolute Gasteiger partial charge is 0.319 e. The van der Waals surface area contributed by atoms with E-state index in [0.717, 1.165) is 0 Å². The summed E-state index contributed by atoms with van der Waals surface area (Å²) in [7, 11) is 3.19. The molecule has 0 saturated carbocycles. The van der Waals surface area contributed by atoms with Gasteiger partial charge in [0, 0.05) is 19.6 Å². The number of nitrogens with two attached hydrogens (primary N) is 1. The summed E-state index contributed by atoms with van der Waals surface area (Å²) in [5, 5.41) is 0. The number of rotatable bonds is 6. The van der Waals surface area contributed by atoms with Crippen LogP contribution in [0.3, 0.4) is 0 Å². The monoisotopic (exact) mass is 259 g/mol. The SMILES string of the molecule is COC(=O)CN1CCO[C@H](CN(C)CC(N)=O)C1. The van der Waals surface area contributed by atoms with Crippen LogP contribution in [0.5, 0.6) is 0 Å². The highest BCUT2D eigenvalue weighted by Crippen LogP contribution is 2.06. The van der Waals surface area contributed by atoms with Crippen LogP contribution in [0.15, 0.2) is 0 Å². The van der Waals surface area contributed by atoms with Crippen LogP contribution in [0.25, 0.3) is 0 Å². The van der Waals surface area contributed by atoms with Crippen molar-refractivity contribution in [3.8, 4) is 0 Å². The van der Waals surface area contributed by atoms with Crippen molar-refractivity contribution in [2.75, 3.05) is 53.5 Å². The fourth-order valence-corrected chi connectivity index (χ4v) is 1.96. The summed E-state index contributed by atoms with van der Waals surface area (Å²) >= 11 is 0. The predicted molar refractivity (Wildman–Crippen MR) is 64.9 cm³/mol. The first kappa shape index (κ1) is 14.9. The molecule has 0 aromatic carbocycles. The second kappa shape index (κ2) is 7.30. The molecule has 1 rings (SSSR count). The van der Waals surface area contributed by atoms with Crippen molar-refractivity contribution in [1.29, 1.82) is 0 Å². The van der Waals surface area contributed by atoms with Crippen LogP contribution in [0, 0.1) is 0 Å². The molecule has 18 heavy (non-hydrogen) atoms. The van der Waals surface area contributed by atoms with Gasteiger partial charge in [-0.25, -0.2) is 0 Å². The quantitative estimate of drug-likeness (QED) is 0.571. The molecule has 1 heterocycles. The third kappa shape index (κ3) is 5.44. The molecule has 1 aliphatic rings. The van der Waals surface area contributed by atoms with Gasteiger partial charge < -0.3 is 15.2 Å². The van der Waals surface area contributed by atoms with Crippen molar-refractivity contribution in [3.63, 3.8) is 0 Å². The first-order chi connectivity index (χ1) is 8.51. The Bertz CT molecular complexity index is 298. The molecule has 0 radical (unpaired) electrons. The highest BCUT2D eigenvalue weighted by atomic mass is 16.5. The van der Waals surface area contributed by atoms with E-state index in [1.165, 1.54) is 7.11 Å². The number of amides is 1. The van der Waals surface area contributed by atoms with E-state index < -0.39 is 0 Å². The van der Waals surface area contributed by atoms with Gasteiger partial charge in [0.25, 0.3) is 0 Å². The van der Waals surface area contributed by atoms with Gasteiger partial charge in [-0.15, -0.1) is 0 Å². The molecule has 0 unspecified atom stereocenters. The number of carbonyl (C=O) groups is 2. The van der Waals surface area contributed by atoms with Gasteiger partial charge >= 0.3 is 5.97 Å². The van der Waals surface area contributed by atoms with Gasteiger partial charge in [0.05, 0.1) is 32.9 Å². The minimum Gasteiger partial charge on any atom is -0.468 e. The maximum absolute atomic E-state index is 11.2. The van der Waals surface area contributed by atoms with Crippen molar-refractivity contribution in [3.05, 3.63) is 0 Å². The van der Waals surface area contributed by atoms with Gasteiger partial charge in [0.15, 0.2) is 0 Å². The summed E-state index contributed by atoms with van der Waals surface area (Å²) < 4.78 is 10.2. The first-order valence-electron chi connectivity index (χ1n) is 5.89. The number of hydrogen-bond donors (Lipinski definition) is 1. The third-order valence-corrected chi connectivity index (χ3v) is 2.74. The predicted octanol–water partition coefficient (Wildman–Crippen LogP) is -1.72. The molecule has 0 aromatic heterocycles. The minimum absolute atomic E-state index is 0.0206. The first-order valence-corrected chi connectivity index (χ1v) is 5.89. The number of morpholine rings is 1. The molecule has 7 heteroatoms. The van der Waals surface area contributed by atoms with Crippen molar-refractivity contribution in [2.24, 2.45) is 5.73 Å². The molecule has 1 saturated heterocycles. The summed E-state index contributed by atoms with van der Waals surface area (Å²) in [6, 6.07) is 0. The third-order valence-electron chi connectivity index (χ3n) is 2.74. The summed E-state index contributed by atoms with van der Waals surface area (Å²) in [5.41, 5.74) is 5.12. The minimum atomic E-state index is -0.361. The van der Waals surface area contributed by atoms with Crippen LogP contribution >= 0.6 is 0 Å². The van der Waals surface area contributed by atoms with Crippen LogP contribution in [0.2, 0.25) is 0 Å². The molecule has 104 valence electrons. The van der Waals surface area contributed by atoms with Crippen LogP contribution in [-0.4, -0.2) is 81.3 Å². The lowest BCUT2D eigenvalue weighted by atomic mass is 10.2. The van der Waals surface area contributed by atoms with E-state index in [1.54, 1.807) is 0 Å². The summed E-state index contributed by atoms with van der Waals surface area (Å²) in [6.45, 7) is 3.03. The number of primary amides is 1. The lowest BCUT2D eigenvalue weighted by molar-refractivity contribution is -0.144. The van der Waals surface area contributed by atoms with Gasteiger partial charge in [-0.3, -0.25) is 19.4 Å². The van der Waals surface area contributed by atoms with E-state index in [2.05, 4.69) is 4.74 Å². The molecule has 1 aliphatic heterocycles. The number of esters is 1. The van der Waals surface area contributed by atoms with Crippen molar-refractivity contribution in [1.82, 2.24) is 9.80 Å². The van der Waals surface area contributed by atoms with E-state index >= 15 is 0 Å². The van der Waals surface area contributed by atoms with Crippen LogP contribution < -0.4 is 5.73 Å². The molecule has 0 bridgehead atoms. The molecule has 1 amide bonds. The Morgan fingerprint density at radius 3 is 2.89 bits per heavy atom. The Labute approximate surface area is 107 Å². The van der Waals surface area contributed by atoms with Crippen molar-refractivity contribution >= 4 is 11.9 Å². The number of carbonyl (C=O) groups excluding carboxylic acids is 2. The fraction of sp³-hybridized carbons (Fsp3) is 0.818. The second-order valence-electron chi connectivity index (χ2n) is 4.47. The average molecular weight is 259 g/mol. The molecular weight excluding hydrogens is 238 g/mol. The van der Waals surface area contributed by atoms with Gasteiger partial charge in [0.2, 0.25) is 5.91 Å². The zero-order valence-corrected chi connectivity index (χ0v) is 10.9. The highest BCUT2D eigenvalue weighted by molar-refractivity contribution is 5.75. The Kier molecular flexibility index (Phi) is 6.03. The number of likely N-dealkylation sites (N-methyl/N-ethyl adjacent to an activating group) is 1. The van der Waals surface area contributed by atoms with Gasteiger partial charge in [-0.1, -0.05) is 0 Å². The topological polar surface area (TPSA) is 85.1 Å². The van der Waals surface area contributed by atoms with Crippen LogP contribution in [0.4, 0.5) is 0 Å². The lowest BCUT2D eigenvalue weighted by Crippen LogP contribution is -2.49. The van der Waals surface area contributed by atoms with E-state index in [-0.39, 0.29) is 31.1 Å². The van der Waals surface area contributed by atoms with E-state index in [4.69, 9.17) is 10.5 Å². The van der Waals surface area contributed by atoms with Gasteiger partial charge in [-0.05, 0) is 7.05 Å². The number of hydrogen-bond acceptors (Lipinski definition) is 6. The number of ether oxygens (including phenoxy) is 2. The fourth-order valence-electron chi connectivity index (χ4n) is 1.96. The molecule has 2 N–H and O–H groups in total. The van der Waals surface area contributed by atoms with Crippen LogP contribution in [-0.2, 0) is 19.1 Å². The van der Waals surface area contributed by atoms with E-state index in [9.17, 15) is 9.59 Å². The Morgan fingerprint density at radius 2 is 2.28 bits per heavy atom. The van der Waals surface area contributed by atoms with Gasteiger partial charge in [0.1, 0.15) is 0 Å².